The Kier molecular flexibility index (Phi) is 3.08. The van der Waals surface area contributed by atoms with Gasteiger partial charge in [0, 0.05) is 25.5 Å². The molecule has 1 aliphatic heterocycles. The quantitative estimate of drug-likeness (QED) is 0.772. The lowest BCUT2D eigenvalue weighted by Crippen LogP contribution is -2.25. The number of hydrogen-bond acceptors (Lipinski definition) is 5. The van der Waals surface area contributed by atoms with Gasteiger partial charge in [-0.2, -0.15) is 5.10 Å². The Hall–Kier alpha value is -2.11. The highest BCUT2D eigenvalue weighted by Gasteiger charge is 2.36. The topological polar surface area (TPSA) is 59.7 Å². The third-order valence-electron chi connectivity index (χ3n) is 3.91. The van der Waals surface area contributed by atoms with E-state index in [1.807, 2.05) is 23.7 Å². The van der Waals surface area contributed by atoms with E-state index in [-0.39, 0.29) is 17.8 Å². The van der Waals surface area contributed by atoms with Crippen LogP contribution in [0.3, 0.4) is 0 Å². The minimum atomic E-state index is -0.142. The fourth-order valence-corrected chi connectivity index (χ4v) is 2.87. The number of carbonyl (C=O) groups excluding carboxylic acids is 1. The van der Waals surface area contributed by atoms with Crippen LogP contribution in [0.4, 0.5) is 5.82 Å². The zero-order valence-electron chi connectivity index (χ0n) is 11.9. The average molecular weight is 274 g/mol. The first-order chi connectivity index (χ1) is 9.60. The molecule has 0 spiro atoms. The van der Waals surface area contributed by atoms with Crippen molar-refractivity contribution in [1.82, 2.24) is 14.6 Å². The lowest BCUT2D eigenvalue weighted by molar-refractivity contribution is -0.145. The minimum absolute atomic E-state index is 0.0916. The van der Waals surface area contributed by atoms with Gasteiger partial charge in [-0.05, 0) is 18.9 Å². The number of rotatable bonds is 2. The maximum Gasteiger partial charge on any atom is 0.310 e. The molecule has 1 fully saturated rings. The van der Waals surface area contributed by atoms with Gasteiger partial charge in [0.1, 0.15) is 5.52 Å². The Bertz CT molecular complexity index is 652. The fraction of sp³-hybridized carbons (Fsp3) is 0.500. The first-order valence-corrected chi connectivity index (χ1v) is 6.74. The van der Waals surface area contributed by atoms with Crippen LogP contribution >= 0.6 is 0 Å². The van der Waals surface area contributed by atoms with Crippen LogP contribution in [0, 0.1) is 18.8 Å². The summed E-state index contributed by atoms with van der Waals surface area (Å²) >= 11 is 0. The molecule has 0 aromatic carbocycles. The Morgan fingerprint density at radius 2 is 2.25 bits per heavy atom. The standard InChI is InChI=1S/C14H18N4O2/c1-9-7-17(8-11(9)14(19)20-3)13-12-6-10(2)16-18(12)5-4-15-13/h4-6,9,11H,7-8H2,1-3H3. The van der Waals surface area contributed by atoms with E-state index in [4.69, 9.17) is 4.74 Å². The summed E-state index contributed by atoms with van der Waals surface area (Å²) in [5.41, 5.74) is 1.93. The van der Waals surface area contributed by atoms with Gasteiger partial charge in [-0.3, -0.25) is 4.79 Å². The summed E-state index contributed by atoms with van der Waals surface area (Å²) in [6.07, 6.45) is 3.58. The number of esters is 1. The Balaban J connectivity index is 1.95. The fourth-order valence-electron chi connectivity index (χ4n) is 2.87. The number of nitrogens with zero attached hydrogens (tertiary/aromatic N) is 4. The van der Waals surface area contributed by atoms with Crippen molar-refractivity contribution in [3.05, 3.63) is 24.2 Å². The summed E-state index contributed by atoms with van der Waals surface area (Å²) in [6.45, 7) is 5.48. The van der Waals surface area contributed by atoms with Crippen LogP contribution < -0.4 is 4.90 Å². The predicted octanol–water partition coefficient (Wildman–Crippen LogP) is 1.28. The molecule has 0 radical (unpaired) electrons. The number of methoxy groups -OCH3 is 1. The molecule has 6 heteroatoms. The number of aryl methyl sites for hydroxylation is 1. The molecule has 3 rings (SSSR count). The van der Waals surface area contributed by atoms with E-state index in [1.165, 1.54) is 7.11 Å². The van der Waals surface area contributed by atoms with E-state index in [2.05, 4.69) is 21.9 Å². The monoisotopic (exact) mass is 274 g/mol. The van der Waals surface area contributed by atoms with Crippen LogP contribution in [-0.4, -0.2) is 40.8 Å². The van der Waals surface area contributed by atoms with Gasteiger partial charge in [-0.1, -0.05) is 6.92 Å². The molecule has 1 aliphatic rings. The van der Waals surface area contributed by atoms with E-state index in [0.717, 1.165) is 23.6 Å². The highest BCUT2D eigenvalue weighted by molar-refractivity contribution is 5.76. The van der Waals surface area contributed by atoms with E-state index < -0.39 is 0 Å². The van der Waals surface area contributed by atoms with Gasteiger partial charge < -0.3 is 9.64 Å². The Morgan fingerprint density at radius 3 is 3.00 bits per heavy atom. The lowest BCUT2D eigenvalue weighted by Gasteiger charge is -2.17. The van der Waals surface area contributed by atoms with E-state index >= 15 is 0 Å². The van der Waals surface area contributed by atoms with Gasteiger partial charge in [-0.25, -0.2) is 9.50 Å². The van der Waals surface area contributed by atoms with Crippen LogP contribution in [0.15, 0.2) is 18.5 Å². The van der Waals surface area contributed by atoms with E-state index in [1.54, 1.807) is 6.20 Å². The van der Waals surface area contributed by atoms with Crippen molar-refractivity contribution in [1.29, 1.82) is 0 Å². The maximum atomic E-state index is 11.8. The lowest BCUT2D eigenvalue weighted by atomic mass is 9.99. The second-order valence-electron chi connectivity index (χ2n) is 5.38. The molecule has 0 saturated carbocycles. The Labute approximate surface area is 117 Å². The number of carbonyl (C=O) groups is 1. The molecule has 1 saturated heterocycles. The van der Waals surface area contributed by atoms with Crippen molar-refractivity contribution in [3.63, 3.8) is 0 Å². The summed E-state index contributed by atoms with van der Waals surface area (Å²) < 4.78 is 6.70. The first-order valence-electron chi connectivity index (χ1n) is 6.74. The Morgan fingerprint density at radius 1 is 1.45 bits per heavy atom. The van der Waals surface area contributed by atoms with Crippen molar-refractivity contribution in [2.24, 2.45) is 11.8 Å². The molecular weight excluding hydrogens is 256 g/mol. The van der Waals surface area contributed by atoms with Gasteiger partial charge in [0.05, 0.1) is 18.7 Å². The second-order valence-corrected chi connectivity index (χ2v) is 5.38. The van der Waals surface area contributed by atoms with Gasteiger partial charge in [0.25, 0.3) is 0 Å². The number of aromatic nitrogens is 3. The normalized spacial score (nSPS) is 22.4. The second kappa shape index (κ2) is 4.77. The summed E-state index contributed by atoms with van der Waals surface area (Å²) in [5.74, 6) is 0.905. The van der Waals surface area contributed by atoms with Crippen molar-refractivity contribution in [2.45, 2.75) is 13.8 Å². The molecule has 3 heterocycles. The predicted molar refractivity (Wildman–Crippen MR) is 74.6 cm³/mol. The highest BCUT2D eigenvalue weighted by Crippen LogP contribution is 2.30. The van der Waals surface area contributed by atoms with Crippen molar-refractivity contribution in [3.8, 4) is 0 Å². The molecule has 2 aromatic rings. The van der Waals surface area contributed by atoms with Crippen LogP contribution in [0.2, 0.25) is 0 Å². The molecular formula is C14H18N4O2. The van der Waals surface area contributed by atoms with E-state index in [9.17, 15) is 4.79 Å². The number of anilines is 1. The van der Waals surface area contributed by atoms with Crippen LogP contribution in [0.5, 0.6) is 0 Å². The summed E-state index contributed by atoms with van der Waals surface area (Å²) in [6, 6.07) is 2.01. The van der Waals surface area contributed by atoms with Gasteiger partial charge in [0.2, 0.25) is 0 Å². The SMILES string of the molecule is COC(=O)C1CN(c2nccn3nc(C)cc23)CC1C. The third-order valence-corrected chi connectivity index (χ3v) is 3.91. The van der Waals surface area contributed by atoms with Crippen LogP contribution in [0.25, 0.3) is 5.52 Å². The molecule has 0 N–H and O–H groups in total. The van der Waals surface area contributed by atoms with E-state index in [0.29, 0.717) is 6.54 Å². The van der Waals surface area contributed by atoms with Crippen molar-refractivity contribution < 1.29 is 9.53 Å². The van der Waals surface area contributed by atoms with Crippen molar-refractivity contribution >= 4 is 17.3 Å². The van der Waals surface area contributed by atoms with Crippen LogP contribution in [-0.2, 0) is 9.53 Å². The summed E-state index contributed by atoms with van der Waals surface area (Å²) in [5, 5.41) is 4.39. The number of fused-ring (bicyclic) bond motifs is 1. The maximum absolute atomic E-state index is 11.8. The summed E-state index contributed by atoms with van der Waals surface area (Å²) in [7, 11) is 1.44. The number of ether oxygens (including phenoxy) is 1. The number of hydrogen-bond donors (Lipinski definition) is 0. The zero-order valence-corrected chi connectivity index (χ0v) is 11.9. The highest BCUT2D eigenvalue weighted by atomic mass is 16.5. The van der Waals surface area contributed by atoms with Crippen molar-refractivity contribution in [2.75, 3.05) is 25.1 Å². The molecule has 2 aromatic heterocycles. The molecule has 20 heavy (non-hydrogen) atoms. The minimum Gasteiger partial charge on any atom is -0.469 e. The molecule has 0 aliphatic carbocycles. The molecule has 0 bridgehead atoms. The van der Waals surface area contributed by atoms with Crippen LogP contribution in [0.1, 0.15) is 12.6 Å². The van der Waals surface area contributed by atoms with Gasteiger partial charge in [0.15, 0.2) is 5.82 Å². The van der Waals surface area contributed by atoms with Gasteiger partial charge >= 0.3 is 5.97 Å². The summed E-state index contributed by atoms with van der Waals surface area (Å²) in [4.78, 5) is 18.4. The molecule has 106 valence electrons. The largest absolute Gasteiger partial charge is 0.469 e. The molecule has 0 amide bonds. The molecule has 2 unspecified atom stereocenters. The van der Waals surface area contributed by atoms with Gasteiger partial charge in [-0.15, -0.1) is 0 Å². The zero-order chi connectivity index (χ0) is 14.3. The smallest absolute Gasteiger partial charge is 0.310 e. The third kappa shape index (κ3) is 2.01. The average Bonchev–Trinajstić information content (AvgIpc) is 2.99. The first kappa shape index (κ1) is 12.9. The molecule has 6 nitrogen and oxygen atoms in total. The molecule has 2 atom stereocenters.